The van der Waals surface area contributed by atoms with Crippen molar-refractivity contribution in [3.8, 4) is 0 Å². The summed E-state index contributed by atoms with van der Waals surface area (Å²) in [5, 5.41) is 8.86. The molecule has 0 atom stereocenters. The van der Waals surface area contributed by atoms with Crippen LogP contribution in [0.3, 0.4) is 0 Å². The van der Waals surface area contributed by atoms with Crippen molar-refractivity contribution in [3.05, 3.63) is 16.6 Å². The zero-order valence-corrected chi connectivity index (χ0v) is 9.78. The van der Waals surface area contributed by atoms with Gasteiger partial charge in [0.15, 0.2) is 0 Å². The van der Waals surface area contributed by atoms with Crippen LogP contribution >= 0.6 is 11.3 Å². The van der Waals surface area contributed by atoms with Gasteiger partial charge >= 0.3 is 5.97 Å². The van der Waals surface area contributed by atoms with Gasteiger partial charge in [0.2, 0.25) is 0 Å². The minimum atomic E-state index is -0.666. The van der Waals surface area contributed by atoms with Crippen LogP contribution in [0.1, 0.15) is 30.6 Å². The number of aliphatic carboxylic acids is 1. The van der Waals surface area contributed by atoms with Crippen molar-refractivity contribution in [2.75, 3.05) is 0 Å². The highest BCUT2D eigenvalue weighted by Gasteiger charge is 2.26. The molecule has 1 saturated carbocycles. The Hall–Kier alpha value is -0.940. The summed E-state index contributed by atoms with van der Waals surface area (Å²) in [5.74, 6) is -0.829. The monoisotopic (exact) mass is 241 g/mol. The number of thiazole rings is 1. The summed E-state index contributed by atoms with van der Waals surface area (Å²) >= 11 is 1.59. The SMILES string of the molecule is O=C(O)C1CCC(OCc2cncs2)CC1. The average Bonchev–Trinajstić information content (AvgIpc) is 2.80. The molecule has 0 amide bonds. The molecule has 1 aromatic rings. The number of carboxylic acids is 1. The van der Waals surface area contributed by atoms with Crippen LogP contribution in [0.2, 0.25) is 0 Å². The predicted octanol–water partition coefficient (Wildman–Crippen LogP) is 2.30. The molecule has 0 saturated heterocycles. The molecule has 16 heavy (non-hydrogen) atoms. The number of hydrogen-bond donors (Lipinski definition) is 1. The molecular formula is C11H15NO3S. The van der Waals surface area contributed by atoms with E-state index >= 15 is 0 Å². The van der Waals surface area contributed by atoms with E-state index in [4.69, 9.17) is 9.84 Å². The summed E-state index contributed by atoms with van der Waals surface area (Å²) < 4.78 is 5.73. The molecule has 1 aliphatic carbocycles. The molecule has 0 radical (unpaired) electrons. The Bertz CT molecular complexity index is 331. The molecule has 1 heterocycles. The van der Waals surface area contributed by atoms with Gasteiger partial charge in [0.05, 0.1) is 29.0 Å². The molecule has 0 bridgehead atoms. The Balaban J connectivity index is 1.71. The van der Waals surface area contributed by atoms with E-state index < -0.39 is 5.97 Å². The maximum atomic E-state index is 10.8. The molecule has 0 unspecified atom stereocenters. The van der Waals surface area contributed by atoms with Crippen molar-refractivity contribution in [2.24, 2.45) is 5.92 Å². The number of carbonyl (C=O) groups is 1. The Morgan fingerprint density at radius 1 is 1.50 bits per heavy atom. The number of nitrogens with zero attached hydrogens (tertiary/aromatic N) is 1. The van der Waals surface area contributed by atoms with E-state index in [2.05, 4.69) is 4.98 Å². The lowest BCUT2D eigenvalue weighted by Crippen LogP contribution is -2.25. The third-order valence-electron chi connectivity index (χ3n) is 2.97. The van der Waals surface area contributed by atoms with Crippen LogP contribution in [0.15, 0.2) is 11.7 Å². The van der Waals surface area contributed by atoms with E-state index in [9.17, 15) is 4.79 Å². The van der Waals surface area contributed by atoms with Gasteiger partial charge in [-0.25, -0.2) is 0 Å². The summed E-state index contributed by atoms with van der Waals surface area (Å²) in [6.45, 7) is 0.604. The highest BCUT2D eigenvalue weighted by molar-refractivity contribution is 7.09. The quantitative estimate of drug-likeness (QED) is 0.878. The smallest absolute Gasteiger partial charge is 0.306 e. The molecule has 88 valence electrons. The van der Waals surface area contributed by atoms with Gasteiger partial charge in [0.25, 0.3) is 0 Å². The lowest BCUT2D eigenvalue weighted by atomic mass is 9.87. The van der Waals surface area contributed by atoms with Crippen molar-refractivity contribution in [1.82, 2.24) is 4.98 Å². The number of hydrogen-bond acceptors (Lipinski definition) is 4. The molecule has 1 N–H and O–H groups in total. The molecule has 1 aromatic heterocycles. The fraction of sp³-hybridized carbons (Fsp3) is 0.636. The molecule has 5 heteroatoms. The van der Waals surface area contributed by atoms with Gasteiger partial charge in [0.1, 0.15) is 0 Å². The Kier molecular flexibility index (Phi) is 3.90. The second-order valence-electron chi connectivity index (χ2n) is 4.09. The van der Waals surface area contributed by atoms with Crippen molar-refractivity contribution in [2.45, 2.75) is 38.4 Å². The molecule has 0 spiro atoms. The van der Waals surface area contributed by atoms with E-state index in [0.717, 1.165) is 30.6 Å². The highest BCUT2D eigenvalue weighted by atomic mass is 32.1. The van der Waals surface area contributed by atoms with Gasteiger partial charge in [0, 0.05) is 6.20 Å². The van der Waals surface area contributed by atoms with Gasteiger partial charge in [-0.1, -0.05) is 0 Å². The van der Waals surface area contributed by atoms with Gasteiger partial charge in [-0.05, 0) is 25.7 Å². The largest absolute Gasteiger partial charge is 0.481 e. The maximum Gasteiger partial charge on any atom is 0.306 e. The second-order valence-corrected chi connectivity index (χ2v) is 5.06. The summed E-state index contributed by atoms with van der Waals surface area (Å²) in [5.41, 5.74) is 1.79. The standard InChI is InChI=1S/C11H15NO3S/c13-11(14)8-1-3-9(4-2-8)15-6-10-5-12-7-16-10/h5,7-9H,1-4,6H2,(H,13,14). The minimum absolute atomic E-state index is 0.164. The van der Waals surface area contributed by atoms with Crippen molar-refractivity contribution >= 4 is 17.3 Å². The molecule has 2 rings (SSSR count). The first-order valence-electron chi connectivity index (χ1n) is 5.47. The summed E-state index contributed by atoms with van der Waals surface area (Å²) in [6, 6.07) is 0. The Labute approximate surface area is 98.3 Å². The van der Waals surface area contributed by atoms with Crippen molar-refractivity contribution < 1.29 is 14.6 Å². The van der Waals surface area contributed by atoms with Crippen molar-refractivity contribution in [1.29, 1.82) is 0 Å². The summed E-state index contributed by atoms with van der Waals surface area (Å²) in [6.07, 6.45) is 5.22. The number of aromatic nitrogens is 1. The van der Waals surface area contributed by atoms with Gasteiger partial charge < -0.3 is 9.84 Å². The Morgan fingerprint density at radius 2 is 2.25 bits per heavy atom. The summed E-state index contributed by atoms with van der Waals surface area (Å²) in [7, 11) is 0. The van der Waals surface area contributed by atoms with E-state index in [0.29, 0.717) is 6.61 Å². The van der Waals surface area contributed by atoms with Crippen LogP contribution in [-0.4, -0.2) is 22.2 Å². The third kappa shape index (κ3) is 3.02. The van der Waals surface area contributed by atoms with Crippen LogP contribution in [-0.2, 0) is 16.1 Å². The first-order valence-corrected chi connectivity index (χ1v) is 6.35. The number of carboxylic acid groups (broad SMARTS) is 1. The first-order chi connectivity index (χ1) is 7.75. The molecular weight excluding hydrogens is 226 g/mol. The molecule has 0 aromatic carbocycles. The average molecular weight is 241 g/mol. The lowest BCUT2D eigenvalue weighted by Gasteiger charge is -2.25. The van der Waals surface area contributed by atoms with E-state index in [-0.39, 0.29) is 12.0 Å². The second kappa shape index (κ2) is 5.41. The van der Waals surface area contributed by atoms with E-state index in [1.165, 1.54) is 0 Å². The van der Waals surface area contributed by atoms with E-state index in [1.807, 2.05) is 6.20 Å². The topological polar surface area (TPSA) is 59.4 Å². The third-order valence-corrected chi connectivity index (χ3v) is 3.72. The molecule has 1 aliphatic rings. The highest BCUT2D eigenvalue weighted by Crippen LogP contribution is 2.27. The fourth-order valence-corrected chi connectivity index (χ4v) is 2.50. The Morgan fingerprint density at radius 3 is 2.81 bits per heavy atom. The van der Waals surface area contributed by atoms with Crippen LogP contribution in [0, 0.1) is 5.92 Å². The van der Waals surface area contributed by atoms with Gasteiger partial charge in [-0.15, -0.1) is 11.3 Å². The van der Waals surface area contributed by atoms with Crippen LogP contribution in [0.25, 0.3) is 0 Å². The predicted molar refractivity (Wildman–Crippen MR) is 60.3 cm³/mol. The van der Waals surface area contributed by atoms with Gasteiger partial charge in [-0.3, -0.25) is 9.78 Å². The van der Waals surface area contributed by atoms with E-state index in [1.54, 1.807) is 16.8 Å². The normalized spacial score (nSPS) is 25.5. The first kappa shape index (κ1) is 11.5. The zero-order valence-electron chi connectivity index (χ0n) is 8.96. The lowest BCUT2D eigenvalue weighted by molar-refractivity contribution is -0.143. The van der Waals surface area contributed by atoms with Gasteiger partial charge in [-0.2, -0.15) is 0 Å². The van der Waals surface area contributed by atoms with Crippen molar-refractivity contribution in [3.63, 3.8) is 0 Å². The van der Waals surface area contributed by atoms with Crippen LogP contribution < -0.4 is 0 Å². The maximum absolute atomic E-state index is 10.8. The number of ether oxygens (including phenoxy) is 1. The fourth-order valence-electron chi connectivity index (χ4n) is 1.99. The zero-order chi connectivity index (χ0) is 11.4. The van der Waals surface area contributed by atoms with Crippen LogP contribution in [0.5, 0.6) is 0 Å². The molecule has 1 fully saturated rings. The summed E-state index contributed by atoms with van der Waals surface area (Å²) in [4.78, 5) is 15.9. The minimum Gasteiger partial charge on any atom is -0.481 e. The molecule has 0 aliphatic heterocycles. The molecule has 4 nitrogen and oxygen atoms in total. The van der Waals surface area contributed by atoms with Crippen LogP contribution in [0.4, 0.5) is 0 Å². The number of rotatable bonds is 4.